The van der Waals surface area contributed by atoms with Crippen molar-refractivity contribution in [2.24, 2.45) is 5.92 Å². The number of fused-ring (bicyclic) bond motifs is 3. The number of esters is 2. The van der Waals surface area contributed by atoms with E-state index in [1.54, 1.807) is 69.1 Å². The lowest BCUT2D eigenvalue weighted by molar-refractivity contribution is -0.377. The summed E-state index contributed by atoms with van der Waals surface area (Å²) in [6.45, 7) is 2.86. The van der Waals surface area contributed by atoms with Crippen LogP contribution in [-0.2, 0) is 20.7 Å². The molecule has 4 heterocycles. The van der Waals surface area contributed by atoms with Crippen molar-refractivity contribution in [3.63, 3.8) is 0 Å². The summed E-state index contributed by atoms with van der Waals surface area (Å²) in [6.07, 6.45) is 4.61. The number of H-pyrrole nitrogens is 1. The molecule has 7 rings (SSSR count). The predicted molar refractivity (Wildman–Crippen MR) is 191 cm³/mol. The van der Waals surface area contributed by atoms with E-state index in [1.807, 2.05) is 24.3 Å². The van der Waals surface area contributed by atoms with Gasteiger partial charge >= 0.3 is 11.9 Å². The number of ether oxygens (including phenoxy) is 5. The van der Waals surface area contributed by atoms with E-state index >= 15 is 0 Å². The van der Waals surface area contributed by atoms with Gasteiger partial charge in [0.2, 0.25) is 0 Å². The lowest BCUT2D eigenvalue weighted by Crippen LogP contribution is -2.52. The summed E-state index contributed by atoms with van der Waals surface area (Å²) in [5, 5.41) is 4.15. The highest BCUT2D eigenvalue weighted by Crippen LogP contribution is 2.36. The Morgan fingerprint density at radius 2 is 1.51 bits per heavy atom. The lowest BCUT2D eigenvalue weighted by atomic mass is 9.86. The molecule has 11 nitrogen and oxygen atoms in total. The molecular formula is C38H41Cl2N3O8. The molecule has 3 atom stereocenters. The molecule has 2 unspecified atom stereocenters. The van der Waals surface area contributed by atoms with Crippen LogP contribution >= 0.6 is 23.2 Å². The van der Waals surface area contributed by atoms with E-state index in [0.717, 1.165) is 38.0 Å². The smallest absolute Gasteiger partial charge is 0.338 e. The topological polar surface area (TPSA) is 140 Å². The van der Waals surface area contributed by atoms with Crippen LogP contribution in [0.1, 0.15) is 52.0 Å². The highest BCUT2D eigenvalue weighted by atomic mass is 35.5. The summed E-state index contributed by atoms with van der Waals surface area (Å²) < 4.78 is 28.5. The van der Waals surface area contributed by atoms with E-state index in [4.69, 9.17) is 46.9 Å². The Bertz CT molecular complexity index is 1780. The minimum atomic E-state index is -0.777. The molecule has 1 aromatic heterocycles. The van der Waals surface area contributed by atoms with Crippen LogP contribution < -0.4 is 24.5 Å². The second-order valence-electron chi connectivity index (χ2n) is 12.4. The maximum absolute atomic E-state index is 13.7. The number of carbonyl (C=O) groups excluding carboxylic acids is 2. The molecule has 2 bridgehead atoms. The maximum Gasteiger partial charge on any atom is 0.338 e. The minimum absolute atomic E-state index is 0. The zero-order chi connectivity index (χ0) is 35.2. The van der Waals surface area contributed by atoms with E-state index in [1.165, 1.54) is 7.11 Å². The highest BCUT2D eigenvalue weighted by molar-refractivity contribution is 6.35. The molecule has 0 amide bonds. The monoisotopic (exact) mass is 737 g/mol. The summed E-state index contributed by atoms with van der Waals surface area (Å²) in [5.41, 5.74) is 2.96. The molecule has 0 saturated carbocycles. The Morgan fingerprint density at radius 1 is 0.863 bits per heavy atom. The van der Waals surface area contributed by atoms with Gasteiger partial charge in [-0.15, -0.1) is 0 Å². The van der Waals surface area contributed by atoms with Crippen molar-refractivity contribution in [2.45, 2.75) is 37.5 Å². The second-order valence-corrected chi connectivity index (χ2v) is 13.2. The molecule has 0 aliphatic carbocycles. The van der Waals surface area contributed by atoms with Crippen LogP contribution in [0.3, 0.4) is 0 Å². The van der Waals surface area contributed by atoms with Crippen molar-refractivity contribution in [3.8, 4) is 17.2 Å². The number of benzene rings is 3. The molecule has 3 aliphatic heterocycles. The fourth-order valence-electron chi connectivity index (χ4n) is 6.54. The first-order valence-corrected chi connectivity index (χ1v) is 17.2. The third-order valence-electron chi connectivity index (χ3n) is 9.40. The molecule has 3 aliphatic rings. The number of methoxy groups -OCH3 is 3. The van der Waals surface area contributed by atoms with Gasteiger partial charge in [0.25, 0.3) is 0 Å². The number of hydrogen-bond acceptors (Lipinski definition) is 10. The Hall–Kier alpha value is -4.55. The number of nitrogens with one attached hydrogen (secondary N) is 2. The van der Waals surface area contributed by atoms with Crippen LogP contribution in [0.5, 0.6) is 17.2 Å². The van der Waals surface area contributed by atoms with Crippen LogP contribution in [0, 0.1) is 5.92 Å². The Balaban J connectivity index is 0.00000504. The summed E-state index contributed by atoms with van der Waals surface area (Å²) >= 11 is 13.0. The molecule has 51 heavy (non-hydrogen) atoms. The van der Waals surface area contributed by atoms with Gasteiger partial charge in [0.1, 0.15) is 28.0 Å². The van der Waals surface area contributed by atoms with Gasteiger partial charge in [-0.1, -0.05) is 41.4 Å². The van der Waals surface area contributed by atoms with Gasteiger partial charge in [0, 0.05) is 24.2 Å². The number of halogens is 2. The first-order valence-electron chi connectivity index (χ1n) is 16.5. The van der Waals surface area contributed by atoms with E-state index in [9.17, 15) is 9.59 Å². The highest BCUT2D eigenvalue weighted by Gasteiger charge is 2.38. The largest absolute Gasteiger partial charge is 0.870 e. The lowest BCUT2D eigenvalue weighted by Gasteiger charge is -2.44. The van der Waals surface area contributed by atoms with Crippen LogP contribution in [-0.4, -0.2) is 69.4 Å². The SMILES string of the molecule is COc1ccc(C(Nc2ccc(C(=O)OC(Cc3c(Cl)c[nH+]cc3Cl)c3ccc(OC)c(OC)c3)cc2)C(=O)O[C@H]2CN3CCC2CC3)cc1.[OH-]. The van der Waals surface area contributed by atoms with Crippen molar-refractivity contribution in [1.29, 1.82) is 0 Å². The molecule has 3 saturated heterocycles. The quantitative estimate of drug-likeness (QED) is 0.150. The number of pyridine rings is 1. The van der Waals surface area contributed by atoms with Gasteiger partial charge in [-0.05, 0) is 91.5 Å². The van der Waals surface area contributed by atoms with Gasteiger partial charge < -0.3 is 34.5 Å². The number of anilines is 1. The Morgan fingerprint density at radius 3 is 2.10 bits per heavy atom. The zero-order valence-electron chi connectivity index (χ0n) is 28.6. The third kappa shape index (κ3) is 8.85. The van der Waals surface area contributed by atoms with Gasteiger partial charge in [0.05, 0.1) is 26.9 Å². The third-order valence-corrected chi connectivity index (χ3v) is 10.1. The van der Waals surface area contributed by atoms with Crippen molar-refractivity contribution in [2.75, 3.05) is 46.3 Å². The van der Waals surface area contributed by atoms with Crippen LogP contribution in [0.25, 0.3) is 0 Å². The molecule has 3 aromatic carbocycles. The molecule has 270 valence electrons. The Kier molecular flexibility index (Phi) is 12.6. The van der Waals surface area contributed by atoms with Crippen LogP contribution in [0.4, 0.5) is 5.69 Å². The number of aromatic nitrogens is 1. The summed E-state index contributed by atoms with van der Waals surface area (Å²) in [6, 6.07) is 18.6. The molecule has 0 spiro atoms. The normalized spacial score (nSPS) is 18.8. The average Bonchev–Trinajstić information content (AvgIpc) is 3.15. The molecular weight excluding hydrogens is 697 g/mol. The van der Waals surface area contributed by atoms with E-state index in [2.05, 4.69) is 15.2 Å². The van der Waals surface area contributed by atoms with Crippen molar-refractivity contribution < 1.29 is 43.7 Å². The molecule has 13 heteroatoms. The maximum atomic E-state index is 13.7. The van der Waals surface area contributed by atoms with Gasteiger partial charge in [0.15, 0.2) is 29.9 Å². The first kappa shape index (κ1) is 37.7. The van der Waals surface area contributed by atoms with E-state index in [-0.39, 0.29) is 24.0 Å². The number of nitrogens with zero attached hydrogens (tertiary/aromatic N) is 1. The van der Waals surface area contributed by atoms with Gasteiger partial charge in [-0.3, -0.25) is 4.90 Å². The zero-order valence-corrected chi connectivity index (χ0v) is 30.1. The second kappa shape index (κ2) is 17.1. The summed E-state index contributed by atoms with van der Waals surface area (Å²) in [7, 11) is 4.68. The fraction of sp³-hybridized carbons (Fsp3) is 0.342. The number of piperidine rings is 3. The van der Waals surface area contributed by atoms with E-state index < -0.39 is 18.1 Å². The first-order chi connectivity index (χ1) is 24.3. The predicted octanol–water partition coefficient (Wildman–Crippen LogP) is 6.59. The molecule has 4 aromatic rings. The fourth-order valence-corrected chi connectivity index (χ4v) is 7.07. The summed E-state index contributed by atoms with van der Waals surface area (Å²) in [4.78, 5) is 32.6. The van der Waals surface area contributed by atoms with E-state index in [0.29, 0.717) is 55.6 Å². The van der Waals surface area contributed by atoms with Crippen LogP contribution in [0.2, 0.25) is 10.0 Å². The van der Waals surface area contributed by atoms with Crippen molar-refractivity contribution in [1.82, 2.24) is 4.90 Å². The number of aromatic amines is 1. The minimum Gasteiger partial charge on any atom is -0.870 e. The van der Waals surface area contributed by atoms with Crippen molar-refractivity contribution >= 4 is 40.8 Å². The summed E-state index contributed by atoms with van der Waals surface area (Å²) in [5.74, 6) is 1.17. The van der Waals surface area contributed by atoms with Crippen LogP contribution in [0.15, 0.2) is 79.1 Å². The molecule has 3 fully saturated rings. The number of carbonyl (C=O) groups is 2. The average molecular weight is 739 g/mol. The molecule has 0 radical (unpaired) electrons. The van der Waals surface area contributed by atoms with Gasteiger partial charge in [-0.25, -0.2) is 14.6 Å². The van der Waals surface area contributed by atoms with Crippen molar-refractivity contribution in [3.05, 3.63) is 111 Å². The Labute approximate surface area is 307 Å². The standard InChI is InChI=1S/C38H39Cl2N3O7.H2O/c1-46-28-11-6-24(7-12-28)36(38(45)50-35-22-43-16-14-23(35)15-17-43)42-27-9-4-25(5-10-27)37(44)49-33(19-29-30(39)20-41-21-31(29)40)26-8-13-32(47-2)34(18-26)48-3;/h4-13,18,20-21,23,33,35-36,42H,14-17,19,22H2,1-3H3;1H2/t33?,35-,36?;/m0./s1. The molecule has 3 N–H and O–H groups in total. The number of hydrogen-bond donors (Lipinski definition) is 1. The number of rotatable bonds is 13. The van der Waals surface area contributed by atoms with Gasteiger partial charge in [-0.2, -0.15) is 0 Å².